The van der Waals surface area contributed by atoms with E-state index in [4.69, 9.17) is 10.5 Å². The molecule has 0 aliphatic rings. The minimum absolute atomic E-state index is 0.0629. The number of hydrogen-bond acceptors (Lipinski definition) is 4. The molecular weight excluding hydrogens is 205 g/mol. The van der Waals surface area contributed by atoms with Crippen LogP contribution in [0.1, 0.15) is 10.4 Å². The highest BCUT2D eigenvalue weighted by molar-refractivity contribution is 5.96. The van der Waals surface area contributed by atoms with Crippen LogP contribution in [0, 0.1) is 5.82 Å². The second-order valence-electron chi connectivity index (χ2n) is 2.68. The van der Waals surface area contributed by atoms with Gasteiger partial charge in [0.25, 0.3) is 5.91 Å². The van der Waals surface area contributed by atoms with E-state index in [1.807, 2.05) is 0 Å². The van der Waals surface area contributed by atoms with E-state index < -0.39 is 23.0 Å². The Morgan fingerprint density at radius 1 is 1.60 bits per heavy atom. The molecule has 6 heteroatoms. The molecule has 0 fully saturated rings. The molecule has 1 aromatic rings. The number of aromatic hydroxyl groups is 1. The van der Waals surface area contributed by atoms with Gasteiger partial charge in [-0.15, -0.1) is 0 Å². The highest BCUT2D eigenvalue weighted by Crippen LogP contribution is 2.31. The number of halogens is 1. The van der Waals surface area contributed by atoms with Crippen LogP contribution in [0.5, 0.6) is 11.5 Å². The molecule has 15 heavy (non-hydrogen) atoms. The Balaban J connectivity index is 3.11. The maximum atomic E-state index is 13.1. The lowest BCUT2D eigenvalue weighted by molar-refractivity contribution is 0.0489. The first-order valence-electron chi connectivity index (χ1n) is 4.01. The summed E-state index contributed by atoms with van der Waals surface area (Å²) in [4.78, 5) is 10.8. The Kier molecular flexibility index (Phi) is 3.46. The molecule has 0 spiro atoms. The van der Waals surface area contributed by atoms with Crippen molar-refractivity contribution in [2.45, 2.75) is 0 Å². The topological polar surface area (TPSA) is 81.8 Å². The third-order valence-electron chi connectivity index (χ3n) is 1.67. The van der Waals surface area contributed by atoms with Crippen molar-refractivity contribution in [3.8, 4) is 11.5 Å². The number of amides is 1. The predicted octanol–water partition coefficient (Wildman–Crippen LogP) is 0.613. The van der Waals surface area contributed by atoms with E-state index in [0.29, 0.717) is 0 Å². The van der Waals surface area contributed by atoms with Gasteiger partial charge in [0, 0.05) is 7.11 Å². The van der Waals surface area contributed by atoms with Crippen molar-refractivity contribution >= 4 is 5.91 Å². The zero-order valence-corrected chi connectivity index (χ0v) is 7.99. The molecule has 0 bridgehead atoms. The monoisotopic (exact) mass is 215 g/mol. The third kappa shape index (κ3) is 2.35. The normalized spacial score (nSPS) is 10.0. The van der Waals surface area contributed by atoms with Gasteiger partial charge in [0.1, 0.15) is 11.4 Å². The molecule has 0 aliphatic carbocycles. The molecule has 3 N–H and O–H groups in total. The van der Waals surface area contributed by atoms with Crippen LogP contribution in [0.3, 0.4) is 0 Å². The summed E-state index contributed by atoms with van der Waals surface area (Å²) in [6, 6.07) is 2.15. The Bertz CT molecular complexity index is 381. The fraction of sp³-hybridized carbons (Fsp3) is 0.222. The smallest absolute Gasteiger partial charge is 0.255 e. The first kappa shape index (κ1) is 11.3. The van der Waals surface area contributed by atoms with Crippen molar-refractivity contribution in [1.82, 2.24) is 0 Å². The molecule has 0 aliphatic heterocycles. The molecule has 0 unspecified atom stereocenters. The Labute approximate surface area is 85.2 Å². The van der Waals surface area contributed by atoms with Crippen LogP contribution in [-0.4, -0.2) is 24.9 Å². The number of carbonyl (C=O) groups is 1. The van der Waals surface area contributed by atoms with Gasteiger partial charge in [-0.05, 0) is 12.1 Å². The summed E-state index contributed by atoms with van der Waals surface area (Å²) in [7, 11) is 1.38. The van der Waals surface area contributed by atoms with Crippen LogP contribution in [0.2, 0.25) is 0 Å². The highest BCUT2D eigenvalue weighted by Gasteiger charge is 2.18. The zero-order chi connectivity index (χ0) is 11.4. The molecule has 1 amide bonds. The minimum atomic E-state index is -1.06. The average molecular weight is 215 g/mol. The van der Waals surface area contributed by atoms with Crippen LogP contribution >= 0.6 is 0 Å². The summed E-state index contributed by atoms with van der Waals surface area (Å²) < 4.78 is 22.5. The summed E-state index contributed by atoms with van der Waals surface area (Å²) in [6.07, 6.45) is 0. The number of primary amides is 1. The summed E-state index contributed by atoms with van der Waals surface area (Å²) >= 11 is 0. The van der Waals surface area contributed by atoms with Crippen molar-refractivity contribution in [2.75, 3.05) is 13.9 Å². The standard InChI is InChI=1S/C9H10FNO4/c1-14-4-15-6-3-2-5(10)7(8(6)12)9(11)13/h2-3,12H,4H2,1H3,(H2,11,13). The number of ether oxygens (including phenoxy) is 2. The van der Waals surface area contributed by atoms with Gasteiger partial charge < -0.3 is 20.3 Å². The Morgan fingerprint density at radius 3 is 2.80 bits per heavy atom. The van der Waals surface area contributed by atoms with Gasteiger partial charge in [0.05, 0.1) is 0 Å². The number of methoxy groups -OCH3 is 1. The molecule has 0 aromatic heterocycles. The molecule has 1 rings (SSSR count). The minimum Gasteiger partial charge on any atom is -0.504 e. The van der Waals surface area contributed by atoms with E-state index in [0.717, 1.165) is 6.07 Å². The Morgan fingerprint density at radius 2 is 2.27 bits per heavy atom. The zero-order valence-electron chi connectivity index (χ0n) is 7.99. The molecule has 1 aromatic carbocycles. The summed E-state index contributed by atoms with van der Waals surface area (Å²) in [5.74, 6) is -2.65. The summed E-state index contributed by atoms with van der Waals surface area (Å²) in [5, 5.41) is 9.45. The lowest BCUT2D eigenvalue weighted by atomic mass is 10.1. The van der Waals surface area contributed by atoms with Crippen molar-refractivity contribution in [1.29, 1.82) is 0 Å². The van der Waals surface area contributed by atoms with Crippen LogP contribution in [0.25, 0.3) is 0 Å². The lowest BCUT2D eigenvalue weighted by Crippen LogP contribution is -2.14. The van der Waals surface area contributed by atoms with E-state index in [2.05, 4.69) is 4.74 Å². The van der Waals surface area contributed by atoms with E-state index in [1.54, 1.807) is 0 Å². The molecule has 0 saturated heterocycles. The number of benzene rings is 1. The molecule has 0 radical (unpaired) electrons. The van der Waals surface area contributed by atoms with Crippen LogP contribution in [-0.2, 0) is 4.74 Å². The van der Waals surface area contributed by atoms with Gasteiger partial charge in [0.15, 0.2) is 18.3 Å². The molecule has 0 atom stereocenters. The Hall–Kier alpha value is -1.82. The maximum Gasteiger partial charge on any atom is 0.255 e. The van der Waals surface area contributed by atoms with Crippen LogP contribution in [0.4, 0.5) is 4.39 Å². The average Bonchev–Trinajstić information content (AvgIpc) is 2.16. The number of rotatable bonds is 4. The van der Waals surface area contributed by atoms with Gasteiger partial charge in [-0.3, -0.25) is 4.79 Å². The number of carbonyl (C=O) groups excluding carboxylic acids is 1. The molecule has 0 saturated carbocycles. The SMILES string of the molecule is COCOc1ccc(F)c(C(N)=O)c1O. The van der Waals surface area contributed by atoms with Crippen molar-refractivity contribution in [2.24, 2.45) is 5.73 Å². The fourth-order valence-corrected chi connectivity index (χ4v) is 1.02. The van der Waals surface area contributed by atoms with Crippen molar-refractivity contribution in [3.63, 3.8) is 0 Å². The van der Waals surface area contributed by atoms with Gasteiger partial charge in [-0.1, -0.05) is 0 Å². The summed E-state index contributed by atoms with van der Waals surface area (Å²) in [6.45, 7) is -0.128. The van der Waals surface area contributed by atoms with E-state index >= 15 is 0 Å². The van der Waals surface area contributed by atoms with Gasteiger partial charge in [-0.25, -0.2) is 4.39 Å². The number of hydrogen-bond donors (Lipinski definition) is 2. The van der Waals surface area contributed by atoms with Crippen LogP contribution < -0.4 is 10.5 Å². The lowest BCUT2D eigenvalue weighted by Gasteiger charge is -2.09. The molecule has 0 heterocycles. The van der Waals surface area contributed by atoms with Crippen molar-refractivity contribution in [3.05, 3.63) is 23.5 Å². The van der Waals surface area contributed by atoms with Gasteiger partial charge >= 0.3 is 0 Å². The summed E-state index contributed by atoms with van der Waals surface area (Å²) in [5.41, 5.74) is 4.29. The van der Waals surface area contributed by atoms with Crippen molar-refractivity contribution < 1.29 is 23.8 Å². The number of phenols is 1. The quantitative estimate of drug-likeness (QED) is 0.721. The van der Waals surface area contributed by atoms with Gasteiger partial charge in [0.2, 0.25) is 0 Å². The first-order chi connectivity index (χ1) is 7.07. The molecule has 5 nitrogen and oxygen atoms in total. The highest BCUT2D eigenvalue weighted by atomic mass is 19.1. The fourth-order valence-electron chi connectivity index (χ4n) is 1.02. The van der Waals surface area contributed by atoms with E-state index in [-0.39, 0.29) is 12.5 Å². The molecular formula is C9H10FNO4. The largest absolute Gasteiger partial charge is 0.504 e. The second-order valence-corrected chi connectivity index (χ2v) is 2.68. The van der Waals surface area contributed by atoms with E-state index in [1.165, 1.54) is 13.2 Å². The van der Waals surface area contributed by atoms with Crippen LogP contribution in [0.15, 0.2) is 12.1 Å². The maximum absolute atomic E-state index is 13.1. The second kappa shape index (κ2) is 4.61. The van der Waals surface area contributed by atoms with E-state index in [9.17, 15) is 14.3 Å². The number of nitrogens with two attached hydrogens (primary N) is 1. The predicted molar refractivity (Wildman–Crippen MR) is 49.1 cm³/mol. The van der Waals surface area contributed by atoms with Gasteiger partial charge in [-0.2, -0.15) is 0 Å². The first-order valence-corrected chi connectivity index (χ1v) is 4.01. The third-order valence-corrected chi connectivity index (χ3v) is 1.67. The molecule has 82 valence electrons.